The van der Waals surface area contributed by atoms with Crippen LogP contribution in [-0.4, -0.2) is 28.4 Å². The van der Waals surface area contributed by atoms with Gasteiger partial charge in [0.25, 0.3) is 5.91 Å². The highest BCUT2D eigenvalue weighted by Gasteiger charge is 2.22. The SMILES string of the molecule is CC(NC(=O)c1cc(F)cnc1Cl)C(=O)NC(C)(C)C. The summed E-state index contributed by atoms with van der Waals surface area (Å²) in [4.78, 5) is 27.3. The van der Waals surface area contributed by atoms with Crippen molar-refractivity contribution in [2.24, 2.45) is 0 Å². The van der Waals surface area contributed by atoms with Crippen LogP contribution < -0.4 is 10.6 Å². The smallest absolute Gasteiger partial charge is 0.255 e. The van der Waals surface area contributed by atoms with Crippen molar-refractivity contribution >= 4 is 23.4 Å². The summed E-state index contributed by atoms with van der Waals surface area (Å²) in [7, 11) is 0. The van der Waals surface area contributed by atoms with Gasteiger partial charge in [0.1, 0.15) is 17.0 Å². The Hall–Kier alpha value is -1.69. The molecular weight excluding hydrogens is 285 g/mol. The van der Waals surface area contributed by atoms with Gasteiger partial charge in [0, 0.05) is 5.54 Å². The van der Waals surface area contributed by atoms with E-state index in [-0.39, 0.29) is 16.6 Å². The Labute approximate surface area is 121 Å². The second-order valence-electron chi connectivity index (χ2n) is 5.43. The maximum atomic E-state index is 13.0. The van der Waals surface area contributed by atoms with E-state index in [0.717, 1.165) is 12.3 Å². The van der Waals surface area contributed by atoms with E-state index in [1.807, 2.05) is 20.8 Å². The van der Waals surface area contributed by atoms with Gasteiger partial charge in [0.15, 0.2) is 0 Å². The van der Waals surface area contributed by atoms with E-state index in [1.165, 1.54) is 6.92 Å². The summed E-state index contributed by atoms with van der Waals surface area (Å²) in [6, 6.07) is 0.194. The summed E-state index contributed by atoms with van der Waals surface area (Å²) < 4.78 is 13.0. The van der Waals surface area contributed by atoms with Crippen LogP contribution in [0.1, 0.15) is 38.1 Å². The molecule has 0 saturated carbocycles. The Morgan fingerprint density at radius 1 is 1.40 bits per heavy atom. The molecule has 1 rings (SSSR count). The Morgan fingerprint density at radius 3 is 2.55 bits per heavy atom. The molecule has 0 spiro atoms. The number of carbonyl (C=O) groups is 2. The standard InChI is InChI=1S/C13H17ClFN3O2/c1-7(11(19)18-13(2,3)4)17-12(20)9-5-8(15)6-16-10(9)14/h5-7H,1-4H3,(H,17,20)(H,18,19). The van der Waals surface area contributed by atoms with Gasteiger partial charge in [-0.05, 0) is 33.8 Å². The highest BCUT2D eigenvalue weighted by Crippen LogP contribution is 2.13. The molecule has 2 amide bonds. The topological polar surface area (TPSA) is 71.1 Å². The van der Waals surface area contributed by atoms with Gasteiger partial charge in [-0.25, -0.2) is 9.37 Å². The third-order valence-electron chi connectivity index (χ3n) is 2.29. The lowest BCUT2D eigenvalue weighted by Crippen LogP contribution is -2.50. The van der Waals surface area contributed by atoms with Crippen molar-refractivity contribution in [2.45, 2.75) is 39.3 Å². The minimum atomic E-state index is -0.777. The molecule has 0 radical (unpaired) electrons. The molecule has 1 heterocycles. The molecule has 110 valence electrons. The Morgan fingerprint density at radius 2 is 2.00 bits per heavy atom. The van der Waals surface area contributed by atoms with Crippen molar-refractivity contribution < 1.29 is 14.0 Å². The Bertz CT molecular complexity index is 529. The van der Waals surface area contributed by atoms with E-state index < -0.39 is 23.3 Å². The summed E-state index contributed by atoms with van der Waals surface area (Å²) >= 11 is 5.72. The monoisotopic (exact) mass is 301 g/mol. The molecule has 7 heteroatoms. The van der Waals surface area contributed by atoms with Crippen molar-refractivity contribution in [3.63, 3.8) is 0 Å². The molecule has 0 aliphatic rings. The third-order valence-corrected chi connectivity index (χ3v) is 2.59. The predicted molar refractivity (Wildman–Crippen MR) is 74.0 cm³/mol. The average molecular weight is 302 g/mol. The number of nitrogens with one attached hydrogen (secondary N) is 2. The fraction of sp³-hybridized carbons (Fsp3) is 0.462. The van der Waals surface area contributed by atoms with Gasteiger partial charge in [-0.3, -0.25) is 9.59 Å². The van der Waals surface area contributed by atoms with Gasteiger partial charge in [-0.15, -0.1) is 0 Å². The number of hydrogen-bond donors (Lipinski definition) is 2. The van der Waals surface area contributed by atoms with Gasteiger partial charge in [-0.2, -0.15) is 0 Å². The number of halogens is 2. The summed E-state index contributed by atoms with van der Waals surface area (Å²) in [5.41, 5.74) is -0.518. The molecule has 1 atom stereocenters. The third kappa shape index (κ3) is 4.77. The van der Waals surface area contributed by atoms with E-state index in [4.69, 9.17) is 11.6 Å². The van der Waals surface area contributed by atoms with Gasteiger partial charge in [0.2, 0.25) is 5.91 Å². The lowest BCUT2D eigenvalue weighted by molar-refractivity contribution is -0.124. The van der Waals surface area contributed by atoms with Crippen LogP contribution in [0.25, 0.3) is 0 Å². The predicted octanol–water partition coefficient (Wildman–Crippen LogP) is 1.91. The van der Waals surface area contributed by atoms with Crippen LogP contribution >= 0.6 is 11.6 Å². The number of carbonyl (C=O) groups excluding carboxylic acids is 2. The van der Waals surface area contributed by atoms with Crippen LogP contribution in [0, 0.1) is 5.82 Å². The van der Waals surface area contributed by atoms with E-state index in [0.29, 0.717) is 0 Å². The number of hydrogen-bond acceptors (Lipinski definition) is 3. The Balaban J connectivity index is 2.75. The van der Waals surface area contributed by atoms with E-state index >= 15 is 0 Å². The van der Waals surface area contributed by atoms with Crippen LogP contribution in [0.4, 0.5) is 4.39 Å². The number of amides is 2. The highest BCUT2D eigenvalue weighted by atomic mass is 35.5. The Kier molecular flexibility index (Phi) is 5.05. The van der Waals surface area contributed by atoms with Crippen LogP contribution in [0.2, 0.25) is 5.15 Å². The van der Waals surface area contributed by atoms with Crippen molar-refractivity contribution in [3.8, 4) is 0 Å². The first-order chi connectivity index (χ1) is 9.10. The molecule has 0 aliphatic carbocycles. The zero-order chi connectivity index (χ0) is 15.5. The minimum Gasteiger partial charge on any atom is -0.350 e. The average Bonchev–Trinajstić information content (AvgIpc) is 2.29. The van der Waals surface area contributed by atoms with Gasteiger partial charge in [-0.1, -0.05) is 11.6 Å². The first-order valence-corrected chi connectivity index (χ1v) is 6.42. The fourth-order valence-corrected chi connectivity index (χ4v) is 1.59. The minimum absolute atomic E-state index is 0.109. The van der Waals surface area contributed by atoms with Crippen molar-refractivity contribution in [2.75, 3.05) is 0 Å². The molecule has 0 bridgehead atoms. The lowest BCUT2D eigenvalue weighted by Gasteiger charge is -2.23. The molecule has 0 aromatic carbocycles. The zero-order valence-corrected chi connectivity index (χ0v) is 12.5. The van der Waals surface area contributed by atoms with E-state index in [2.05, 4.69) is 15.6 Å². The van der Waals surface area contributed by atoms with Crippen molar-refractivity contribution in [1.82, 2.24) is 15.6 Å². The molecular formula is C13H17ClFN3O2. The zero-order valence-electron chi connectivity index (χ0n) is 11.8. The first-order valence-electron chi connectivity index (χ1n) is 6.04. The van der Waals surface area contributed by atoms with E-state index in [1.54, 1.807) is 0 Å². The molecule has 0 saturated heterocycles. The second-order valence-corrected chi connectivity index (χ2v) is 5.78. The van der Waals surface area contributed by atoms with Crippen LogP contribution in [-0.2, 0) is 4.79 Å². The largest absolute Gasteiger partial charge is 0.350 e. The van der Waals surface area contributed by atoms with Crippen LogP contribution in [0.5, 0.6) is 0 Å². The number of aromatic nitrogens is 1. The van der Waals surface area contributed by atoms with Gasteiger partial charge in [0.05, 0.1) is 11.8 Å². The maximum Gasteiger partial charge on any atom is 0.255 e. The van der Waals surface area contributed by atoms with Gasteiger partial charge < -0.3 is 10.6 Å². The normalized spacial score (nSPS) is 12.7. The molecule has 5 nitrogen and oxygen atoms in total. The fourth-order valence-electron chi connectivity index (χ4n) is 1.40. The maximum absolute atomic E-state index is 13.0. The quantitative estimate of drug-likeness (QED) is 0.838. The summed E-state index contributed by atoms with van der Waals surface area (Å²) in [5, 5.41) is 5.05. The molecule has 20 heavy (non-hydrogen) atoms. The molecule has 1 unspecified atom stereocenters. The molecule has 2 N–H and O–H groups in total. The number of pyridine rings is 1. The first kappa shape index (κ1) is 16.4. The summed E-state index contributed by atoms with van der Waals surface area (Å²) in [6.45, 7) is 7.01. The lowest BCUT2D eigenvalue weighted by atomic mass is 10.1. The summed E-state index contributed by atoms with van der Waals surface area (Å²) in [5.74, 6) is -1.67. The van der Waals surface area contributed by atoms with Crippen molar-refractivity contribution in [3.05, 3.63) is 28.8 Å². The summed E-state index contributed by atoms with van der Waals surface area (Å²) in [6.07, 6.45) is 0.912. The molecule has 1 aromatic rings. The number of nitrogens with zero attached hydrogens (tertiary/aromatic N) is 1. The molecule has 0 aliphatic heterocycles. The van der Waals surface area contributed by atoms with Crippen LogP contribution in [0.15, 0.2) is 12.3 Å². The van der Waals surface area contributed by atoms with Crippen molar-refractivity contribution in [1.29, 1.82) is 0 Å². The van der Waals surface area contributed by atoms with E-state index in [9.17, 15) is 14.0 Å². The second kappa shape index (κ2) is 6.17. The highest BCUT2D eigenvalue weighted by molar-refractivity contribution is 6.32. The van der Waals surface area contributed by atoms with Gasteiger partial charge >= 0.3 is 0 Å². The molecule has 0 fully saturated rings. The molecule has 1 aromatic heterocycles. The van der Waals surface area contributed by atoms with Crippen LogP contribution in [0.3, 0.4) is 0 Å². The number of rotatable bonds is 3.